The van der Waals surface area contributed by atoms with E-state index in [0.717, 1.165) is 16.8 Å². The molecule has 26 heavy (non-hydrogen) atoms. The first-order chi connectivity index (χ1) is 12.2. The van der Waals surface area contributed by atoms with Crippen LogP contribution in [0.4, 0.5) is 11.4 Å². The van der Waals surface area contributed by atoms with E-state index in [1.54, 1.807) is 12.1 Å². The van der Waals surface area contributed by atoms with E-state index in [4.69, 9.17) is 4.74 Å². The SMILES string of the molecule is COc1cccc([N+](=O)[O-])c1-c1cc(C)c2c(c1)C(C)C(O)C(C)(C)N2. The van der Waals surface area contributed by atoms with Crippen LogP contribution in [0, 0.1) is 17.0 Å². The van der Waals surface area contributed by atoms with Gasteiger partial charge in [0.25, 0.3) is 5.69 Å². The van der Waals surface area contributed by atoms with Gasteiger partial charge in [0.1, 0.15) is 11.3 Å². The van der Waals surface area contributed by atoms with Crippen molar-refractivity contribution in [2.24, 2.45) is 0 Å². The van der Waals surface area contributed by atoms with Crippen LogP contribution in [-0.2, 0) is 0 Å². The lowest BCUT2D eigenvalue weighted by Crippen LogP contribution is -2.50. The Morgan fingerprint density at radius 2 is 2.00 bits per heavy atom. The third kappa shape index (κ3) is 2.80. The molecule has 0 amide bonds. The second kappa shape index (κ2) is 6.29. The smallest absolute Gasteiger partial charge is 0.280 e. The molecule has 6 nitrogen and oxygen atoms in total. The Balaban J connectivity index is 2.26. The molecule has 2 N–H and O–H groups in total. The number of nitrogens with zero attached hydrogens (tertiary/aromatic N) is 1. The van der Waals surface area contributed by atoms with Crippen molar-refractivity contribution >= 4 is 11.4 Å². The Morgan fingerprint density at radius 1 is 1.31 bits per heavy atom. The van der Waals surface area contributed by atoms with Gasteiger partial charge in [0.05, 0.1) is 23.7 Å². The van der Waals surface area contributed by atoms with E-state index in [9.17, 15) is 15.2 Å². The molecule has 0 saturated heterocycles. The number of nitro benzene ring substituents is 1. The number of hydrogen-bond acceptors (Lipinski definition) is 5. The van der Waals surface area contributed by atoms with Crippen molar-refractivity contribution in [3.8, 4) is 16.9 Å². The monoisotopic (exact) mass is 356 g/mol. The lowest BCUT2D eigenvalue weighted by Gasteiger charge is -2.43. The molecule has 1 aliphatic heterocycles. The van der Waals surface area contributed by atoms with Gasteiger partial charge in [-0.15, -0.1) is 0 Å². The van der Waals surface area contributed by atoms with Crippen LogP contribution in [0.2, 0.25) is 0 Å². The molecule has 2 atom stereocenters. The van der Waals surface area contributed by atoms with Crippen LogP contribution < -0.4 is 10.1 Å². The number of aliphatic hydroxyl groups excluding tert-OH is 1. The zero-order valence-corrected chi connectivity index (χ0v) is 15.7. The van der Waals surface area contributed by atoms with Crippen LogP contribution in [0.25, 0.3) is 11.1 Å². The number of fused-ring (bicyclic) bond motifs is 1. The molecule has 0 aliphatic carbocycles. The predicted molar refractivity (Wildman–Crippen MR) is 102 cm³/mol. The highest BCUT2D eigenvalue weighted by Gasteiger charge is 2.39. The first-order valence-electron chi connectivity index (χ1n) is 8.60. The molecular formula is C20H24N2O4. The maximum absolute atomic E-state index is 11.5. The van der Waals surface area contributed by atoms with Crippen LogP contribution in [0.15, 0.2) is 30.3 Å². The van der Waals surface area contributed by atoms with E-state index >= 15 is 0 Å². The first kappa shape index (κ1) is 18.2. The number of methoxy groups -OCH3 is 1. The standard InChI is InChI=1S/C20H24N2O4/c1-11-9-13(17-15(22(24)25)7-6-8-16(17)26-5)10-14-12(2)19(23)20(3,4)21-18(11)14/h6-10,12,19,21,23H,1-5H3. The maximum Gasteiger partial charge on any atom is 0.280 e. The third-order valence-corrected chi connectivity index (χ3v) is 5.23. The number of rotatable bonds is 3. The number of hydrogen-bond donors (Lipinski definition) is 2. The highest BCUT2D eigenvalue weighted by molar-refractivity contribution is 5.83. The topological polar surface area (TPSA) is 84.6 Å². The lowest BCUT2D eigenvalue weighted by atomic mass is 9.77. The van der Waals surface area contributed by atoms with Crippen molar-refractivity contribution in [3.05, 3.63) is 51.6 Å². The van der Waals surface area contributed by atoms with Crippen LogP contribution in [-0.4, -0.2) is 28.8 Å². The molecule has 0 spiro atoms. The number of ether oxygens (including phenoxy) is 1. The highest BCUT2D eigenvalue weighted by atomic mass is 16.6. The summed E-state index contributed by atoms with van der Waals surface area (Å²) in [6, 6.07) is 8.66. The van der Waals surface area contributed by atoms with E-state index in [-0.39, 0.29) is 11.6 Å². The summed E-state index contributed by atoms with van der Waals surface area (Å²) < 4.78 is 5.39. The van der Waals surface area contributed by atoms with Gasteiger partial charge in [0, 0.05) is 17.7 Å². The number of nitro groups is 1. The van der Waals surface area contributed by atoms with Gasteiger partial charge in [-0.2, -0.15) is 0 Å². The van der Waals surface area contributed by atoms with E-state index in [2.05, 4.69) is 5.32 Å². The van der Waals surface area contributed by atoms with Gasteiger partial charge < -0.3 is 15.2 Å². The summed E-state index contributed by atoms with van der Waals surface area (Å²) in [4.78, 5) is 11.1. The molecule has 2 unspecified atom stereocenters. The van der Waals surface area contributed by atoms with Gasteiger partial charge in [-0.25, -0.2) is 0 Å². The van der Waals surface area contributed by atoms with E-state index in [1.165, 1.54) is 13.2 Å². The molecule has 1 aliphatic rings. The van der Waals surface area contributed by atoms with Crippen molar-refractivity contribution in [2.75, 3.05) is 12.4 Å². The fourth-order valence-electron chi connectivity index (χ4n) is 3.81. The summed E-state index contributed by atoms with van der Waals surface area (Å²) in [5.41, 5.74) is 3.63. The summed E-state index contributed by atoms with van der Waals surface area (Å²) in [5, 5.41) is 25.6. The van der Waals surface area contributed by atoms with Gasteiger partial charge in [-0.3, -0.25) is 10.1 Å². The number of aliphatic hydroxyl groups is 1. The van der Waals surface area contributed by atoms with Crippen molar-refractivity contribution in [1.29, 1.82) is 0 Å². The van der Waals surface area contributed by atoms with Crippen LogP contribution in [0.3, 0.4) is 0 Å². The number of aryl methyl sites for hydroxylation is 1. The number of nitrogens with one attached hydrogen (secondary N) is 1. The largest absolute Gasteiger partial charge is 0.496 e. The van der Waals surface area contributed by atoms with Crippen molar-refractivity contribution in [3.63, 3.8) is 0 Å². The fourth-order valence-corrected chi connectivity index (χ4v) is 3.81. The average molecular weight is 356 g/mol. The number of anilines is 1. The van der Waals surface area contributed by atoms with E-state index in [1.807, 2.05) is 39.8 Å². The molecule has 0 saturated carbocycles. The zero-order chi connectivity index (χ0) is 19.2. The quantitative estimate of drug-likeness (QED) is 0.634. The average Bonchev–Trinajstić information content (AvgIpc) is 2.59. The molecule has 138 valence electrons. The molecule has 0 radical (unpaired) electrons. The van der Waals surface area contributed by atoms with Gasteiger partial charge in [0.15, 0.2) is 0 Å². The minimum absolute atomic E-state index is 0.000926. The first-order valence-corrected chi connectivity index (χ1v) is 8.60. The second-order valence-corrected chi connectivity index (χ2v) is 7.45. The Bertz CT molecular complexity index is 876. The molecule has 1 heterocycles. The van der Waals surface area contributed by atoms with Gasteiger partial charge in [-0.1, -0.05) is 13.0 Å². The molecule has 0 bridgehead atoms. The normalized spacial score (nSPS) is 20.8. The van der Waals surface area contributed by atoms with Gasteiger partial charge >= 0.3 is 0 Å². The molecule has 0 fully saturated rings. The van der Waals surface area contributed by atoms with E-state index < -0.39 is 16.6 Å². The molecule has 0 aromatic heterocycles. The highest BCUT2D eigenvalue weighted by Crippen LogP contribution is 2.45. The summed E-state index contributed by atoms with van der Waals surface area (Å²) in [6.45, 7) is 7.88. The molecule has 2 aromatic carbocycles. The molecule has 6 heteroatoms. The number of benzene rings is 2. The third-order valence-electron chi connectivity index (χ3n) is 5.23. The van der Waals surface area contributed by atoms with Gasteiger partial charge in [0.2, 0.25) is 0 Å². The zero-order valence-electron chi connectivity index (χ0n) is 15.7. The van der Waals surface area contributed by atoms with Gasteiger partial charge in [-0.05, 0) is 55.7 Å². The Kier molecular flexibility index (Phi) is 4.40. The summed E-state index contributed by atoms with van der Waals surface area (Å²) in [5.74, 6) is 0.351. The Hall–Kier alpha value is -2.60. The maximum atomic E-state index is 11.5. The van der Waals surface area contributed by atoms with Crippen molar-refractivity contribution < 1.29 is 14.8 Å². The van der Waals surface area contributed by atoms with Crippen molar-refractivity contribution in [2.45, 2.75) is 45.3 Å². The second-order valence-electron chi connectivity index (χ2n) is 7.45. The lowest BCUT2D eigenvalue weighted by molar-refractivity contribution is -0.384. The van der Waals surface area contributed by atoms with Crippen LogP contribution >= 0.6 is 0 Å². The minimum Gasteiger partial charge on any atom is -0.496 e. The van der Waals surface area contributed by atoms with Crippen LogP contribution in [0.5, 0.6) is 5.75 Å². The predicted octanol–water partition coefficient (Wildman–Crippen LogP) is 4.25. The molecular weight excluding hydrogens is 332 g/mol. The summed E-state index contributed by atoms with van der Waals surface area (Å²) in [6.07, 6.45) is -0.572. The van der Waals surface area contributed by atoms with Crippen molar-refractivity contribution in [1.82, 2.24) is 0 Å². The fraction of sp³-hybridized carbons (Fsp3) is 0.400. The molecule has 3 rings (SSSR count). The molecule has 2 aromatic rings. The Labute approximate surface area is 153 Å². The minimum atomic E-state index is -0.572. The van der Waals surface area contributed by atoms with E-state index in [0.29, 0.717) is 16.9 Å². The Morgan fingerprint density at radius 3 is 2.62 bits per heavy atom. The van der Waals surface area contributed by atoms with Crippen LogP contribution in [0.1, 0.15) is 37.8 Å². The summed E-state index contributed by atoms with van der Waals surface area (Å²) in [7, 11) is 1.50. The summed E-state index contributed by atoms with van der Waals surface area (Å²) >= 11 is 0.